The molecule has 0 aromatic carbocycles. The first kappa shape index (κ1) is 20.5. The lowest BCUT2D eigenvalue weighted by Gasteiger charge is -2.34. The van der Waals surface area contributed by atoms with Gasteiger partial charge in [-0.15, -0.1) is 0 Å². The van der Waals surface area contributed by atoms with Crippen LogP contribution in [0.5, 0.6) is 0 Å². The van der Waals surface area contributed by atoms with Crippen molar-refractivity contribution in [2.24, 2.45) is 10.9 Å². The quantitative estimate of drug-likeness (QED) is 0.538. The Morgan fingerprint density at radius 1 is 1.12 bits per heavy atom. The summed E-state index contributed by atoms with van der Waals surface area (Å²) in [6.07, 6.45) is 6.60. The van der Waals surface area contributed by atoms with Gasteiger partial charge in [0.2, 0.25) is 0 Å². The molecule has 2 aliphatic rings. The third kappa shape index (κ3) is 6.78. The van der Waals surface area contributed by atoms with Crippen molar-refractivity contribution in [3.8, 4) is 0 Å². The van der Waals surface area contributed by atoms with E-state index in [2.05, 4.69) is 42.8 Å². The molecule has 5 heteroatoms. The summed E-state index contributed by atoms with van der Waals surface area (Å²) in [5, 5.41) is 3.52. The van der Waals surface area contributed by atoms with Crippen molar-refractivity contribution < 1.29 is 4.74 Å². The lowest BCUT2D eigenvalue weighted by molar-refractivity contribution is 0.0263. The van der Waals surface area contributed by atoms with Crippen molar-refractivity contribution in [3.63, 3.8) is 0 Å². The minimum Gasteiger partial charge on any atom is -0.378 e. The van der Waals surface area contributed by atoms with E-state index >= 15 is 0 Å². The van der Waals surface area contributed by atoms with Gasteiger partial charge in [0.15, 0.2) is 5.96 Å². The van der Waals surface area contributed by atoms with Gasteiger partial charge in [-0.3, -0.25) is 9.89 Å². The van der Waals surface area contributed by atoms with Crippen molar-refractivity contribution in [1.29, 1.82) is 0 Å². The van der Waals surface area contributed by atoms with Gasteiger partial charge in [0.05, 0.1) is 12.6 Å². The largest absolute Gasteiger partial charge is 0.378 e. The van der Waals surface area contributed by atoms with E-state index in [1.165, 1.54) is 32.4 Å². The number of nitrogens with zero attached hydrogens (tertiary/aromatic N) is 3. The Bertz CT molecular complexity index is 385. The summed E-state index contributed by atoms with van der Waals surface area (Å²) in [4.78, 5) is 10.1. The van der Waals surface area contributed by atoms with E-state index in [4.69, 9.17) is 9.73 Å². The van der Waals surface area contributed by atoms with E-state index < -0.39 is 0 Å². The molecule has 2 saturated heterocycles. The fourth-order valence-corrected chi connectivity index (χ4v) is 4.08. The summed E-state index contributed by atoms with van der Waals surface area (Å²) in [6, 6.07) is 0.595. The average molecular weight is 353 g/mol. The predicted octanol–water partition coefficient (Wildman–Crippen LogP) is 2.96. The number of piperidine rings is 1. The van der Waals surface area contributed by atoms with E-state index in [1.54, 1.807) is 0 Å². The van der Waals surface area contributed by atoms with E-state index in [0.29, 0.717) is 12.1 Å². The fraction of sp³-hybridized carbons (Fsp3) is 0.950. The molecular weight excluding hydrogens is 312 g/mol. The van der Waals surface area contributed by atoms with Gasteiger partial charge in [-0.05, 0) is 65.0 Å². The predicted molar refractivity (Wildman–Crippen MR) is 106 cm³/mol. The fourth-order valence-electron chi connectivity index (χ4n) is 4.08. The maximum atomic E-state index is 5.79. The molecular formula is C20H40N4O. The minimum atomic E-state index is 0.433. The van der Waals surface area contributed by atoms with Crippen molar-refractivity contribution in [1.82, 2.24) is 15.1 Å². The van der Waals surface area contributed by atoms with Crippen LogP contribution in [0.3, 0.4) is 0 Å². The molecule has 1 N–H and O–H groups in total. The third-order valence-electron chi connectivity index (χ3n) is 5.33. The Morgan fingerprint density at radius 3 is 2.36 bits per heavy atom. The van der Waals surface area contributed by atoms with Crippen LogP contribution in [0.2, 0.25) is 0 Å². The molecule has 0 radical (unpaired) electrons. The molecule has 2 heterocycles. The summed E-state index contributed by atoms with van der Waals surface area (Å²) >= 11 is 0. The summed E-state index contributed by atoms with van der Waals surface area (Å²) in [5.41, 5.74) is 0. The molecule has 0 saturated carbocycles. The first-order valence-electron chi connectivity index (χ1n) is 10.5. The standard InChI is InChI=1S/C20H40N4O/c1-5-21-20(24-13-9-19(10-14-24)25-6-2)22-16-18(15-17(3)4)23-11-7-8-12-23/h17-19H,5-16H2,1-4H3,(H,21,22). The van der Waals surface area contributed by atoms with Gasteiger partial charge in [0.25, 0.3) is 0 Å². The molecule has 2 aliphatic heterocycles. The maximum Gasteiger partial charge on any atom is 0.193 e. The molecule has 146 valence electrons. The van der Waals surface area contributed by atoms with Crippen LogP contribution < -0.4 is 5.32 Å². The molecule has 25 heavy (non-hydrogen) atoms. The Hall–Kier alpha value is -0.810. The average Bonchev–Trinajstić information content (AvgIpc) is 3.12. The lowest BCUT2D eigenvalue weighted by Crippen LogP contribution is -2.47. The molecule has 0 spiro atoms. The second-order valence-electron chi connectivity index (χ2n) is 7.86. The summed E-state index contributed by atoms with van der Waals surface area (Å²) in [6.45, 7) is 16.2. The highest BCUT2D eigenvalue weighted by Gasteiger charge is 2.24. The number of guanidine groups is 1. The zero-order chi connectivity index (χ0) is 18.1. The van der Waals surface area contributed by atoms with Crippen LogP contribution in [0.15, 0.2) is 4.99 Å². The zero-order valence-electron chi connectivity index (χ0n) is 17.0. The Kier molecular flexibility index (Phi) is 9.04. The number of likely N-dealkylation sites (tertiary alicyclic amines) is 2. The van der Waals surface area contributed by atoms with E-state index in [1.807, 2.05) is 0 Å². The van der Waals surface area contributed by atoms with Crippen LogP contribution in [0.25, 0.3) is 0 Å². The van der Waals surface area contributed by atoms with Crippen LogP contribution >= 0.6 is 0 Å². The Morgan fingerprint density at radius 2 is 1.80 bits per heavy atom. The minimum absolute atomic E-state index is 0.433. The SMILES string of the molecule is CCNC(=NCC(CC(C)C)N1CCCC1)N1CCC(OCC)CC1. The van der Waals surface area contributed by atoms with Gasteiger partial charge in [0, 0.05) is 32.3 Å². The Balaban J connectivity index is 1.94. The van der Waals surface area contributed by atoms with Crippen LogP contribution in [0, 0.1) is 5.92 Å². The molecule has 0 bridgehead atoms. The summed E-state index contributed by atoms with van der Waals surface area (Å²) in [7, 11) is 0. The maximum absolute atomic E-state index is 5.79. The van der Waals surface area contributed by atoms with E-state index in [9.17, 15) is 0 Å². The van der Waals surface area contributed by atoms with Gasteiger partial charge in [0.1, 0.15) is 0 Å². The zero-order valence-corrected chi connectivity index (χ0v) is 17.0. The number of ether oxygens (including phenoxy) is 1. The topological polar surface area (TPSA) is 40.1 Å². The highest BCUT2D eigenvalue weighted by atomic mass is 16.5. The van der Waals surface area contributed by atoms with Crippen molar-refractivity contribution in [2.45, 2.75) is 71.9 Å². The molecule has 0 aliphatic carbocycles. The highest BCUT2D eigenvalue weighted by Crippen LogP contribution is 2.19. The highest BCUT2D eigenvalue weighted by molar-refractivity contribution is 5.80. The molecule has 2 rings (SSSR count). The van der Waals surface area contributed by atoms with Crippen molar-refractivity contribution in [3.05, 3.63) is 0 Å². The number of aliphatic imine (C=N–C) groups is 1. The normalized spacial score (nSPS) is 22.0. The third-order valence-corrected chi connectivity index (χ3v) is 5.33. The second-order valence-corrected chi connectivity index (χ2v) is 7.86. The first-order valence-corrected chi connectivity index (χ1v) is 10.5. The van der Waals surface area contributed by atoms with Crippen molar-refractivity contribution >= 4 is 5.96 Å². The summed E-state index contributed by atoms with van der Waals surface area (Å²) < 4.78 is 5.79. The molecule has 0 amide bonds. The molecule has 2 fully saturated rings. The smallest absolute Gasteiger partial charge is 0.193 e. The lowest BCUT2D eigenvalue weighted by atomic mass is 10.0. The molecule has 5 nitrogen and oxygen atoms in total. The van der Waals surface area contributed by atoms with Gasteiger partial charge in [-0.25, -0.2) is 0 Å². The molecule has 1 atom stereocenters. The van der Waals surface area contributed by atoms with Gasteiger partial charge < -0.3 is 15.0 Å². The monoisotopic (exact) mass is 352 g/mol. The van der Waals surface area contributed by atoms with E-state index in [-0.39, 0.29) is 0 Å². The van der Waals surface area contributed by atoms with Gasteiger partial charge in [-0.2, -0.15) is 0 Å². The van der Waals surface area contributed by atoms with Crippen LogP contribution in [0.1, 0.15) is 59.8 Å². The summed E-state index contributed by atoms with van der Waals surface area (Å²) in [5.74, 6) is 1.83. The van der Waals surface area contributed by atoms with Crippen LogP contribution in [0.4, 0.5) is 0 Å². The van der Waals surface area contributed by atoms with Gasteiger partial charge >= 0.3 is 0 Å². The van der Waals surface area contributed by atoms with E-state index in [0.717, 1.165) is 57.5 Å². The number of hydrogen-bond acceptors (Lipinski definition) is 3. The Labute approximate surface area is 155 Å². The number of hydrogen-bond donors (Lipinski definition) is 1. The van der Waals surface area contributed by atoms with Crippen LogP contribution in [-0.2, 0) is 4.74 Å². The number of rotatable bonds is 8. The number of nitrogens with one attached hydrogen (secondary N) is 1. The molecule has 0 aromatic rings. The van der Waals surface area contributed by atoms with Crippen LogP contribution in [-0.4, -0.2) is 73.8 Å². The first-order chi connectivity index (χ1) is 12.1. The molecule has 0 aromatic heterocycles. The van der Waals surface area contributed by atoms with Crippen molar-refractivity contribution in [2.75, 3.05) is 45.9 Å². The second kappa shape index (κ2) is 11.0. The van der Waals surface area contributed by atoms with Gasteiger partial charge in [-0.1, -0.05) is 13.8 Å². The molecule has 1 unspecified atom stereocenters.